The number of rotatable bonds is 5. The van der Waals surface area contributed by atoms with Crippen molar-refractivity contribution >= 4 is 28.2 Å². The number of anilines is 1. The Balaban J connectivity index is 1.78. The third-order valence-electron chi connectivity index (χ3n) is 5.64. The van der Waals surface area contributed by atoms with Crippen molar-refractivity contribution < 1.29 is 19.8 Å². The van der Waals surface area contributed by atoms with Gasteiger partial charge in [0, 0.05) is 22.2 Å². The van der Waals surface area contributed by atoms with Crippen molar-refractivity contribution in [3.05, 3.63) is 69.7 Å². The SMILES string of the molecule is CC1(C)CCc2c(sc(NC(=O)c3cccc(CO)c3)c2-c2cc(C(=O)O)ccn2)C1. The molecule has 2 aromatic heterocycles. The summed E-state index contributed by atoms with van der Waals surface area (Å²) in [5.41, 5.74) is 3.95. The van der Waals surface area contributed by atoms with E-state index in [4.69, 9.17) is 0 Å². The van der Waals surface area contributed by atoms with Crippen LogP contribution in [0.2, 0.25) is 0 Å². The smallest absolute Gasteiger partial charge is 0.335 e. The number of amides is 1. The molecule has 0 atom stereocenters. The van der Waals surface area contributed by atoms with Crippen LogP contribution >= 0.6 is 11.3 Å². The van der Waals surface area contributed by atoms with Crippen molar-refractivity contribution in [3.63, 3.8) is 0 Å². The summed E-state index contributed by atoms with van der Waals surface area (Å²) < 4.78 is 0. The molecule has 0 bridgehead atoms. The van der Waals surface area contributed by atoms with E-state index in [1.165, 1.54) is 28.5 Å². The van der Waals surface area contributed by atoms with E-state index in [1.807, 2.05) is 0 Å². The molecule has 31 heavy (non-hydrogen) atoms. The number of thiophene rings is 1. The highest BCUT2D eigenvalue weighted by atomic mass is 32.1. The van der Waals surface area contributed by atoms with Crippen LogP contribution in [0.4, 0.5) is 5.00 Å². The van der Waals surface area contributed by atoms with Crippen molar-refractivity contribution in [2.45, 2.75) is 39.7 Å². The van der Waals surface area contributed by atoms with E-state index in [-0.39, 0.29) is 23.5 Å². The number of carbonyl (C=O) groups excluding carboxylic acids is 1. The molecule has 0 aliphatic heterocycles. The van der Waals surface area contributed by atoms with Gasteiger partial charge in [0.25, 0.3) is 5.91 Å². The molecule has 2 heterocycles. The van der Waals surface area contributed by atoms with Gasteiger partial charge < -0.3 is 15.5 Å². The van der Waals surface area contributed by atoms with Gasteiger partial charge in [0.05, 0.1) is 17.9 Å². The second-order valence-corrected chi connectivity index (χ2v) is 9.70. The van der Waals surface area contributed by atoms with Gasteiger partial charge in [-0.25, -0.2) is 4.79 Å². The van der Waals surface area contributed by atoms with Gasteiger partial charge in [-0.3, -0.25) is 9.78 Å². The summed E-state index contributed by atoms with van der Waals surface area (Å²) in [5.74, 6) is -1.29. The summed E-state index contributed by atoms with van der Waals surface area (Å²) in [6.07, 6.45) is 4.25. The first-order valence-corrected chi connectivity index (χ1v) is 10.9. The maximum atomic E-state index is 13.0. The average Bonchev–Trinajstić information content (AvgIpc) is 3.09. The zero-order valence-corrected chi connectivity index (χ0v) is 18.3. The second-order valence-electron chi connectivity index (χ2n) is 8.60. The molecule has 3 aromatic rings. The number of aromatic nitrogens is 1. The molecule has 0 saturated heterocycles. The van der Waals surface area contributed by atoms with Gasteiger partial charge in [0.1, 0.15) is 5.00 Å². The summed E-state index contributed by atoms with van der Waals surface area (Å²) in [6, 6.07) is 9.89. The molecule has 1 aliphatic carbocycles. The van der Waals surface area contributed by atoms with Gasteiger partial charge >= 0.3 is 5.97 Å². The Hall–Kier alpha value is -3.03. The molecule has 4 rings (SSSR count). The number of aliphatic hydroxyl groups excluding tert-OH is 1. The number of aromatic carboxylic acids is 1. The number of fused-ring (bicyclic) bond motifs is 1. The first-order chi connectivity index (χ1) is 14.8. The fourth-order valence-electron chi connectivity index (χ4n) is 3.95. The Kier molecular flexibility index (Phi) is 5.64. The maximum Gasteiger partial charge on any atom is 0.335 e. The van der Waals surface area contributed by atoms with E-state index in [9.17, 15) is 19.8 Å². The number of carboxylic acids is 1. The molecule has 1 aromatic carbocycles. The number of nitrogens with zero attached hydrogens (tertiary/aromatic N) is 1. The summed E-state index contributed by atoms with van der Waals surface area (Å²) in [5, 5.41) is 22.5. The number of carboxylic acid groups (broad SMARTS) is 1. The van der Waals surface area contributed by atoms with Crippen molar-refractivity contribution in [2.75, 3.05) is 5.32 Å². The lowest BCUT2D eigenvalue weighted by Crippen LogP contribution is -2.20. The van der Waals surface area contributed by atoms with Crippen molar-refractivity contribution in [1.82, 2.24) is 4.98 Å². The summed E-state index contributed by atoms with van der Waals surface area (Å²) in [6.45, 7) is 4.33. The first-order valence-electron chi connectivity index (χ1n) is 10.1. The van der Waals surface area contributed by atoms with Crippen LogP contribution in [-0.2, 0) is 19.4 Å². The number of carbonyl (C=O) groups is 2. The zero-order chi connectivity index (χ0) is 22.2. The Bertz CT molecular complexity index is 1170. The van der Waals surface area contributed by atoms with Crippen LogP contribution in [0.15, 0.2) is 42.6 Å². The monoisotopic (exact) mass is 436 g/mol. The van der Waals surface area contributed by atoms with E-state index in [0.717, 1.165) is 30.4 Å². The van der Waals surface area contributed by atoms with E-state index in [2.05, 4.69) is 24.1 Å². The molecular weight excluding hydrogens is 412 g/mol. The minimum atomic E-state index is -1.01. The highest BCUT2D eigenvalue weighted by molar-refractivity contribution is 7.17. The van der Waals surface area contributed by atoms with Crippen LogP contribution in [0.3, 0.4) is 0 Å². The van der Waals surface area contributed by atoms with E-state index in [1.54, 1.807) is 30.3 Å². The van der Waals surface area contributed by atoms with E-state index in [0.29, 0.717) is 21.8 Å². The Morgan fingerprint density at radius 2 is 2.00 bits per heavy atom. The van der Waals surface area contributed by atoms with Crippen LogP contribution in [0, 0.1) is 5.41 Å². The molecule has 0 spiro atoms. The number of hydrogen-bond acceptors (Lipinski definition) is 5. The molecule has 1 amide bonds. The molecule has 160 valence electrons. The second kappa shape index (κ2) is 8.24. The molecule has 6 nitrogen and oxygen atoms in total. The first kappa shape index (κ1) is 21.2. The van der Waals surface area contributed by atoms with Gasteiger partial charge in [-0.2, -0.15) is 0 Å². The topological polar surface area (TPSA) is 99.5 Å². The fraction of sp³-hybridized carbons (Fsp3) is 0.292. The molecule has 0 fully saturated rings. The van der Waals surface area contributed by atoms with Gasteiger partial charge in [0.2, 0.25) is 0 Å². The van der Waals surface area contributed by atoms with Crippen LogP contribution in [0.1, 0.15) is 57.0 Å². The predicted octanol–water partition coefficient (Wildman–Crippen LogP) is 4.77. The summed E-state index contributed by atoms with van der Waals surface area (Å²) >= 11 is 1.54. The zero-order valence-electron chi connectivity index (χ0n) is 17.4. The Morgan fingerprint density at radius 3 is 2.74 bits per heavy atom. The molecule has 7 heteroatoms. The molecule has 1 aliphatic rings. The minimum Gasteiger partial charge on any atom is -0.478 e. The summed E-state index contributed by atoms with van der Waals surface area (Å²) in [4.78, 5) is 30.1. The number of nitrogens with one attached hydrogen (secondary N) is 1. The van der Waals surface area contributed by atoms with Crippen molar-refractivity contribution in [3.8, 4) is 11.3 Å². The highest BCUT2D eigenvalue weighted by Crippen LogP contribution is 2.47. The number of pyridine rings is 1. The third-order valence-corrected chi connectivity index (χ3v) is 6.79. The Labute approximate surface area is 184 Å². The lowest BCUT2D eigenvalue weighted by Gasteiger charge is -2.29. The number of hydrogen-bond donors (Lipinski definition) is 3. The summed E-state index contributed by atoms with van der Waals surface area (Å²) in [7, 11) is 0. The van der Waals surface area contributed by atoms with Gasteiger partial charge in [-0.05, 0) is 60.1 Å². The molecule has 3 N–H and O–H groups in total. The van der Waals surface area contributed by atoms with Crippen LogP contribution in [0.5, 0.6) is 0 Å². The normalized spacial score (nSPS) is 14.7. The predicted molar refractivity (Wildman–Crippen MR) is 121 cm³/mol. The lowest BCUT2D eigenvalue weighted by molar-refractivity contribution is 0.0696. The quantitative estimate of drug-likeness (QED) is 0.535. The largest absolute Gasteiger partial charge is 0.478 e. The Morgan fingerprint density at radius 1 is 1.19 bits per heavy atom. The van der Waals surface area contributed by atoms with Crippen LogP contribution < -0.4 is 5.32 Å². The lowest BCUT2D eigenvalue weighted by atomic mass is 9.76. The van der Waals surface area contributed by atoms with Crippen molar-refractivity contribution in [2.24, 2.45) is 5.41 Å². The standard InChI is InChI=1S/C24H24N2O4S/c1-24(2)8-6-17-19(12-24)31-22(20(17)18-11-16(23(29)30)7-9-25-18)26-21(28)15-5-3-4-14(10-15)13-27/h3-5,7,9-11,27H,6,8,12-13H2,1-2H3,(H,26,28)(H,29,30). The minimum absolute atomic E-state index is 0.138. The highest BCUT2D eigenvalue weighted by Gasteiger charge is 2.31. The number of benzene rings is 1. The fourth-order valence-corrected chi connectivity index (χ4v) is 5.46. The van der Waals surface area contributed by atoms with E-state index < -0.39 is 5.97 Å². The van der Waals surface area contributed by atoms with Gasteiger partial charge in [-0.1, -0.05) is 26.0 Å². The van der Waals surface area contributed by atoms with Gasteiger partial charge in [0.15, 0.2) is 0 Å². The van der Waals surface area contributed by atoms with Gasteiger partial charge in [-0.15, -0.1) is 11.3 Å². The number of aliphatic hydroxyl groups is 1. The van der Waals surface area contributed by atoms with Crippen molar-refractivity contribution in [1.29, 1.82) is 0 Å². The van der Waals surface area contributed by atoms with E-state index >= 15 is 0 Å². The molecule has 0 unspecified atom stereocenters. The average molecular weight is 437 g/mol. The molecule has 0 radical (unpaired) electrons. The molecular formula is C24H24N2O4S. The van der Waals surface area contributed by atoms with Crippen LogP contribution in [0.25, 0.3) is 11.3 Å². The third kappa shape index (κ3) is 4.38. The van der Waals surface area contributed by atoms with Crippen LogP contribution in [-0.4, -0.2) is 27.1 Å². The maximum absolute atomic E-state index is 13.0. The molecule has 0 saturated carbocycles.